The number of hydrogen-bond donors (Lipinski definition) is 0. The molecule has 38 heavy (non-hydrogen) atoms. The number of ether oxygens (including phenoxy) is 1. The van der Waals surface area contributed by atoms with Gasteiger partial charge < -0.3 is 4.74 Å². The highest BCUT2D eigenvalue weighted by molar-refractivity contribution is 9.10. The minimum atomic E-state index is -0.532. The molecule has 0 aliphatic heterocycles. The molecule has 0 radical (unpaired) electrons. The summed E-state index contributed by atoms with van der Waals surface area (Å²) >= 11 is 3.46. The van der Waals surface area contributed by atoms with Crippen molar-refractivity contribution in [3.8, 4) is 17.1 Å². The predicted molar refractivity (Wildman–Crippen MR) is 154 cm³/mol. The first-order valence-corrected chi connectivity index (χ1v) is 12.6. The maximum atomic E-state index is 13.5. The molecule has 6 nitrogen and oxygen atoms in total. The largest absolute Gasteiger partial charge is 0.423 e. The molecule has 0 fully saturated rings. The molecule has 0 bridgehead atoms. The van der Waals surface area contributed by atoms with Gasteiger partial charge in [-0.1, -0.05) is 88.2 Å². The number of fused-ring (bicyclic) bond motifs is 1. The van der Waals surface area contributed by atoms with Gasteiger partial charge in [0.25, 0.3) is 5.56 Å². The van der Waals surface area contributed by atoms with Gasteiger partial charge in [0.15, 0.2) is 5.82 Å². The second-order valence-electron chi connectivity index (χ2n) is 8.53. The molecule has 7 heteroatoms. The van der Waals surface area contributed by atoms with Gasteiger partial charge in [-0.25, -0.2) is 9.78 Å². The van der Waals surface area contributed by atoms with Gasteiger partial charge in [-0.2, -0.15) is 9.78 Å². The Hall–Kier alpha value is -4.62. The van der Waals surface area contributed by atoms with Crippen molar-refractivity contribution in [2.24, 2.45) is 5.10 Å². The quantitative estimate of drug-likeness (QED) is 0.100. The lowest BCUT2D eigenvalue weighted by molar-refractivity contribution is -0.128. The first-order valence-electron chi connectivity index (χ1n) is 11.9. The van der Waals surface area contributed by atoms with Crippen LogP contribution in [-0.4, -0.2) is 21.8 Å². The van der Waals surface area contributed by atoms with E-state index in [1.165, 1.54) is 17.0 Å². The Bertz CT molecular complexity index is 1740. The molecule has 0 N–H and O–H groups in total. The fourth-order valence-corrected chi connectivity index (χ4v) is 4.20. The summed E-state index contributed by atoms with van der Waals surface area (Å²) in [5.41, 5.74) is 3.52. The van der Waals surface area contributed by atoms with Crippen LogP contribution < -0.4 is 10.3 Å². The third-order valence-electron chi connectivity index (χ3n) is 5.77. The van der Waals surface area contributed by atoms with Gasteiger partial charge >= 0.3 is 5.97 Å². The van der Waals surface area contributed by atoms with Crippen LogP contribution in [0.4, 0.5) is 0 Å². The molecule has 0 aliphatic carbocycles. The van der Waals surface area contributed by atoms with Crippen LogP contribution in [0.25, 0.3) is 28.4 Å². The van der Waals surface area contributed by atoms with Gasteiger partial charge in [0.1, 0.15) is 5.75 Å². The monoisotopic (exact) mass is 563 g/mol. The summed E-state index contributed by atoms with van der Waals surface area (Å²) in [5.74, 6) is 0.179. The standard InChI is InChI=1S/C31H22BrN3O3/c1-21-11-14-23(15-12-21)30-34-27-10-6-5-9-26(27)31(37)35(30)33-20-24-19-25(32)16-17-28(24)38-29(36)18-13-22-7-3-2-4-8-22/h2-20H,1H3/b18-13+,33-20?. The van der Waals surface area contributed by atoms with Crippen molar-refractivity contribution in [3.63, 3.8) is 0 Å². The molecule has 0 spiro atoms. The van der Waals surface area contributed by atoms with Crippen LogP contribution in [0, 0.1) is 6.92 Å². The van der Waals surface area contributed by atoms with E-state index in [0.29, 0.717) is 28.0 Å². The van der Waals surface area contributed by atoms with E-state index < -0.39 is 5.97 Å². The second kappa shape index (κ2) is 11.2. The first kappa shape index (κ1) is 25.0. The number of hydrogen-bond acceptors (Lipinski definition) is 5. The van der Waals surface area contributed by atoms with Gasteiger partial charge in [-0.05, 0) is 48.9 Å². The lowest BCUT2D eigenvalue weighted by Gasteiger charge is -2.10. The Kier molecular flexibility index (Phi) is 7.38. The Morgan fingerprint density at radius 3 is 2.47 bits per heavy atom. The Morgan fingerprint density at radius 1 is 0.947 bits per heavy atom. The number of para-hydroxylation sites is 1. The molecule has 1 aromatic heterocycles. The molecule has 4 aromatic carbocycles. The molecule has 5 rings (SSSR count). The van der Waals surface area contributed by atoms with Crippen LogP contribution in [0.3, 0.4) is 0 Å². The molecule has 0 saturated heterocycles. The van der Waals surface area contributed by atoms with Gasteiger partial charge in [0, 0.05) is 21.7 Å². The topological polar surface area (TPSA) is 73.6 Å². The highest BCUT2D eigenvalue weighted by Crippen LogP contribution is 2.23. The highest BCUT2D eigenvalue weighted by Gasteiger charge is 2.13. The van der Waals surface area contributed by atoms with E-state index >= 15 is 0 Å². The van der Waals surface area contributed by atoms with Crippen molar-refractivity contribution in [3.05, 3.63) is 135 Å². The van der Waals surface area contributed by atoms with Crippen LogP contribution in [0.5, 0.6) is 5.75 Å². The molecule has 0 saturated carbocycles. The van der Waals surface area contributed by atoms with Crippen molar-refractivity contribution in [1.82, 2.24) is 9.66 Å². The average molecular weight is 564 g/mol. The third kappa shape index (κ3) is 5.68. The van der Waals surface area contributed by atoms with E-state index in [2.05, 4.69) is 21.0 Å². The fraction of sp³-hybridized carbons (Fsp3) is 0.0323. The molecular formula is C31H22BrN3O3. The summed E-state index contributed by atoms with van der Waals surface area (Å²) in [6.07, 6.45) is 4.54. The van der Waals surface area contributed by atoms with E-state index in [4.69, 9.17) is 9.72 Å². The molecular weight excluding hydrogens is 542 g/mol. The van der Waals surface area contributed by atoms with Crippen LogP contribution in [0.2, 0.25) is 0 Å². The van der Waals surface area contributed by atoms with Gasteiger partial charge in [0.05, 0.1) is 17.1 Å². The molecule has 0 amide bonds. The molecule has 0 aliphatic rings. The Labute approximate surface area is 227 Å². The summed E-state index contributed by atoms with van der Waals surface area (Å²) < 4.78 is 7.64. The van der Waals surface area contributed by atoms with Crippen molar-refractivity contribution in [1.29, 1.82) is 0 Å². The van der Waals surface area contributed by atoms with Crippen LogP contribution in [0.1, 0.15) is 16.7 Å². The molecule has 0 unspecified atom stereocenters. The first-order chi connectivity index (χ1) is 18.5. The van der Waals surface area contributed by atoms with E-state index in [-0.39, 0.29) is 5.56 Å². The number of rotatable bonds is 6. The zero-order valence-corrected chi connectivity index (χ0v) is 22.0. The van der Waals surface area contributed by atoms with E-state index in [1.54, 1.807) is 42.5 Å². The molecule has 0 atom stereocenters. The van der Waals surface area contributed by atoms with Crippen molar-refractivity contribution < 1.29 is 9.53 Å². The number of benzene rings is 4. The lowest BCUT2D eigenvalue weighted by Crippen LogP contribution is -2.20. The lowest BCUT2D eigenvalue weighted by atomic mass is 10.1. The van der Waals surface area contributed by atoms with Crippen LogP contribution in [-0.2, 0) is 4.79 Å². The highest BCUT2D eigenvalue weighted by atomic mass is 79.9. The molecule has 186 valence electrons. The number of carbonyl (C=O) groups is 1. The third-order valence-corrected chi connectivity index (χ3v) is 6.26. The Morgan fingerprint density at radius 2 is 1.68 bits per heavy atom. The zero-order chi connectivity index (χ0) is 26.5. The van der Waals surface area contributed by atoms with Crippen LogP contribution >= 0.6 is 15.9 Å². The Balaban J connectivity index is 1.53. The fourth-order valence-electron chi connectivity index (χ4n) is 3.82. The number of esters is 1. The minimum Gasteiger partial charge on any atom is -0.423 e. The predicted octanol–water partition coefficient (Wildman–Crippen LogP) is 6.64. The van der Waals surface area contributed by atoms with E-state index in [1.807, 2.05) is 67.6 Å². The van der Waals surface area contributed by atoms with E-state index in [0.717, 1.165) is 21.2 Å². The normalized spacial score (nSPS) is 11.4. The van der Waals surface area contributed by atoms with E-state index in [9.17, 15) is 9.59 Å². The number of aromatic nitrogens is 2. The SMILES string of the molecule is Cc1ccc(-c2nc3ccccc3c(=O)n2N=Cc2cc(Br)ccc2OC(=O)/C=C/c2ccccc2)cc1. The maximum Gasteiger partial charge on any atom is 0.336 e. The minimum absolute atomic E-state index is 0.304. The number of aryl methyl sites for hydroxylation is 1. The summed E-state index contributed by atoms with van der Waals surface area (Å²) in [4.78, 5) is 30.7. The molecule has 5 aromatic rings. The molecule has 1 heterocycles. The smallest absolute Gasteiger partial charge is 0.336 e. The van der Waals surface area contributed by atoms with Gasteiger partial charge in [-0.3, -0.25) is 4.79 Å². The summed E-state index contributed by atoms with van der Waals surface area (Å²) in [5, 5.41) is 4.97. The number of halogens is 1. The number of nitrogens with zero attached hydrogens (tertiary/aromatic N) is 3. The summed E-state index contributed by atoms with van der Waals surface area (Å²) in [7, 11) is 0. The average Bonchev–Trinajstić information content (AvgIpc) is 2.94. The second-order valence-corrected chi connectivity index (χ2v) is 9.44. The summed E-state index contributed by atoms with van der Waals surface area (Å²) in [6, 6.07) is 29.6. The van der Waals surface area contributed by atoms with Crippen molar-refractivity contribution in [2.45, 2.75) is 6.92 Å². The van der Waals surface area contributed by atoms with Crippen LogP contribution in [0.15, 0.2) is 118 Å². The zero-order valence-electron chi connectivity index (χ0n) is 20.4. The maximum absolute atomic E-state index is 13.5. The van der Waals surface area contributed by atoms with Crippen molar-refractivity contribution >= 4 is 45.1 Å². The number of carbonyl (C=O) groups excluding carboxylic acids is 1. The van der Waals surface area contributed by atoms with Gasteiger partial charge in [-0.15, -0.1) is 0 Å². The summed E-state index contributed by atoms with van der Waals surface area (Å²) in [6.45, 7) is 1.99. The van der Waals surface area contributed by atoms with Crippen molar-refractivity contribution in [2.75, 3.05) is 0 Å². The van der Waals surface area contributed by atoms with Gasteiger partial charge in [0.2, 0.25) is 0 Å².